The van der Waals surface area contributed by atoms with Gasteiger partial charge in [0, 0.05) is 0 Å². The molecule has 17 heteroatoms. The molecule has 0 saturated heterocycles. The van der Waals surface area contributed by atoms with Crippen molar-refractivity contribution in [2.45, 2.75) is 49.9 Å². The molecule has 0 heterocycles. The summed E-state index contributed by atoms with van der Waals surface area (Å²) in [6, 6.07) is 0. The number of carbonyl (C=O) groups is 4. The molecule has 0 rings (SSSR count). The second kappa shape index (κ2) is 9.67. The highest BCUT2D eigenvalue weighted by molar-refractivity contribution is 5.86. The largest absolute Gasteiger partial charge is 0.481 e. The van der Waals surface area contributed by atoms with E-state index in [9.17, 15) is 63.1 Å². The highest BCUT2D eigenvalue weighted by Gasteiger charge is 2.64. The molecule has 0 aromatic rings. The molecule has 0 fully saturated rings. The average Bonchev–Trinajstić information content (AvgIpc) is 2.50. The van der Waals surface area contributed by atoms with Crippen LogP contribution in [-0.2, 0) is 23.9 Å². The van der Waals surface area contributed by atoms with Crippen molar-refractivity contribution in [3.63, 3.8) is 0 Å². The van der Waals surface area contributed by atoms with Crippen LogP contribution in [0.25, 0.3) is 0 Å². The number of hydrogen-bond donors (Lipinski definition) is 2. The van der Waals surface area contributed by atoms with Crippen LogP contribution in [0.5, 0.6) is 0 Å². The fourth-order valence-electron chi connectivity index (χ4n) is 2.15. The Balaban J connectivity index is 5.45. The molecule has 0 bridgehead atoms. The van der Waals surface area contributed by atoms with E-state index in [1.54, 1.807) is 0 Å². The van der Waals surface area contributed by atoms with Crippen LogP contribution >= 0.6 is 0 Å². The summed E-state index contributed by atoms with van der Waals surface area (Å²) in [6.07, 6.45) is -20.7. The number of ether oxygens (including phenoxy) is 1. The summed E-state index contributed by atoms with van der Waals surface area (Å²) in [7, 11) is 0. The minimum atomic E-state index is -6.33. The van der Waals surface area contributed by atoms with Crippen LogP contribution in [0.2, 0.25) is 0 Å². The number of carbonyl (C=O) groups excluding carboxylic acids is 2. The van der Waals surface area contributed by atoms with E-state index in [0.717, 1.165) is 0 Å². The van der Waals surface area contributed by atoms with Gasteiger partial charge in [-0.3, -0.25) is 19.2 Å². The Morgan fingerprint density at radius 1 is 0.581 bits per heavy atom. The van der Waals surface area contributed by atoms with Crippen molar-refractivity contribution in [2.75, 3.05) is 0 Å². The Morgan fingerprint density at radius 2 is 0.839 bits per heavy atom. The molecule has 0 spiro atoms. The predicted octanol–water partition coefficient (Wildman–Crippen LogP) is 3.41. The third kappa shape index (κ3) is 7.86. The predicted molar refractivity (Wildman–Crippen MR) is 73.8 cm³/mol. The normalized spacial score (nSPS) is 15.2. The molecular formula is C14H12F10O7. The smallest absolute Gasteiger partial charge is 0.453 e. The lowest BCUT2D eigenvalue weighted by molar-refractivity contribution is -0.303. The summed E-state index contributed by atoms with van der Waals surface area (Å²) in [4.78, 5) is 43.8. The molecule has 2 unspecified atom stereocenters. The Kier molecular flexibility index (Phi) is 8.86. The van der Waals surface area contributed by atoms with Gasteiger partial charge in [0.1, 0.15) is 0 Å². The first kappa shape index (κ1) is 28.4. The molecular weight excluding hydrogens is 470 g/mol. The van der Waals surface area contributed by atoms with Crippen molar-refractivity contribution in [1.82, 2.24) is 0 Å². The second-order valence-corrected chi connectivity index (χ2v) is 6.09. The standard InChI is InChI=1S/C14H12F10O7/c15-11(16,13(19,20)21)5(1-7(25)26)3-9(29)31-10(30)4-6(2-8(27)28)12(17,18)14(22,23)24/h5-6H,1-4H2,(H,25,26)(H,27,28). The number of alkyl halides is 10. The van der Waals surface area contributed by atoms with Crippen molar-refractivity contribution in [2.24, 2.45) is 11.8 Å². The van der Waals surface area contributed by atoms with Crippen LogP contribution in [0.15, 0.2) is 0 Å². The lowest BCUT2D eigenvalue weighted by atomic mass is 9.92. The molecule has 31 heavy (non-hydrogen) atoms. The molecule has 0 aromatic heterocycles. The van der Waals surface area contributed by atoms with Gasteiger partial charge in [-0.2, -0.15) is 43.9 Å². The Bertz CT molecular complexity index is 641. The first-order valence-electron chi connectivity index (χ1n) is 7.69. The molecule has 0 aliphatic rings. The van der Waals surface area contributed by atoms with E-state index in [2.05, 4.69) is 4.74 Å². The number of halogens is 10. The lowest BCUT2D eigenvalue weighted by Crippen LogP contribution is -2.46. The number of hydrogen-bond acceptors (Lipinski definition) is 5. The highest BCUT2D eigenvalue weighted by atomic mass is 19.4. The average molecular weight is 482 g/mol. The van der Waals surface area contributed by atoms with Crippen LogP contribution in [-0.4, -0.2) is 58.3 Å². The third-order valence-corrected chi connectivity index (χ3v) is 3.68. The van der Waals surface area contributed by atoms with E-state index in [0.29, 0.717) is 0 Å². The van der Waals surface area contributed by atoms with Gasteiger partial charge >= 0.3 is 48.1 Å². The van der Waals surface area contributed by atoms with Crippen molar-refractivity contribution in [1.29, 1.82) is 0 Å². The maximum Gasteiger partial charge on any atom is 0.453 e. The quantitative estimate of drug-likeness (QED) is 0.278. The van der Waals surface area contributed by atoms with Crippen LogP contribution in [0, 0.1) is 11.8 Å². The number of carboxylic acids is 2. The van der Waals surface area contributed by atoms with Crippen molar-refractivity contribution < 1.29 is 78.0 Å². The van der Waals surface area contributed by atoms with E-state index >= 15 is 0 Å². The van der Waals surface area contributed by atoms with Crippen LogP contribution < -0.4 is 0 Å². The van der Waals surface area contributed by atoms with E-state index in [1.807, 2.05) is 0 Å². The monoisotopic (exact) mass is 482 g/mol. The van der Waals surface area contributed by atoms with Crippen molar-refractivity contribution in [3.8, 4) is 0 Å². The van der Waals surface area contributed by atoms with E-state index < -0.39 is 85.6 Å². The molecule has 7 nitrogen and oxygen atoms in total. The van der Waals surface area contributed by atoms with Gasteiger partial charge < -0.3 is 14.9 Å². The van der Waals surface area contributed by atoms with Gasteiger partial charge in [-0.05, 0) is 0 Å². The minimum absolute atomic E-state index is 1.95. The number of aliphatic carboxylic acids is 2. The van der Waals surface area contributed by atoms with Gasteiger partial charge in [0.15, 0.2) is 0 Å². The van der Waals surface area contributed by atoms with E-state index in [1.165, 1.54) is 0 Å². The van der Waals surface area contributed by atoms with Crippen molar-refractivity contribution in [3.05, 3.63) is 0 Å². The van der Waals surface area contributed by atoms with Crippen LogP contribution in [0.4, 0.5) is 43.9 Å². The van der Waals surface area contributed by atoms with Gasteiger partial charge in [-0.1, -0.05) is 0 Å². The highest BCUT2D eigenvalue weighted by Crippen LogP contribution is 2.45. The molecule has 0 aromatic carbocycles. The van der Waals surface area contributed by atoms with Gasteiger partial charge in [0.05, 0.1) is 37.5 Å². The summed E-state index contributed by atoms with van der Waals surface area (Å²) in [6.45, 7) is 0. The molecule has 0 aliphatic heterocycles. The lowest BCUT2D eigenvalue weighted by Gasteiger charge is -2.27. The van der Waals surface area contributed by atoms with Crippen LogP contribution in [0.3, 0.4) is 0 Å². The SMILES string of the molecule is O=C(O)CC(CC(=O)OC(=O)CC(CC(=O)O)C(F)(F)C(F)(F)F)C(F)(F)C(F)(F)F. The Morgan fingerprint density at radius 3 is 1.03 bits per heavy atom. The molecule has 0 radical (unpaired) electrons. The minimum Gasteiger partial charge on any atom is -0.481 e. The maximum atomic E-state index is 13.3. The first-order chi connectivity index (χ1) is 13.6. The fourth-order valence-corrected chi connectivity index (χ4v) is 2.15. The molecule has 180 valence electrons. The van der Waals surface area contributed by atoms with Gasteiger partial charge in [-0.15, -0.1) is 0 Å². The molecule has 0 aliphatic carbocycles. The summed E-state index contributed by atoms with van der Waals surface area (Å²) >= 11 is 0. The third-order valence-electron chi connectivity index (χ3n) is 3.68. The molecule has 0 saturated carbocycles. The van der Waals surface area contributed by atoms with Crippen molar-refractivity contribution >= 4 is 23.9 Å². The topological polar surface area (TPSA) is 118 Å². The van der Waals surface area contributed by atoms with Gasteiger partial charge in [0.2, 0.25) is 0 Å². The van der Waals surface area contributed by atoms with E-state index in [-0.39, 0.29) is 0 Å². The zero-order valence-electron chi connectivity index (χ0n) is 14.7. The first-order valence-corrected chi connectivity index (χ1v) is 7.69. The Hall–Kier alpha value is -2.62. The summed E-state index contributed by atoms with van der Waals surface area (Å²) in [5.41, 5.74) is 0. The number of carboxylic acid groups (broad SMARTS) is 2. The van der Waals surface area contributed by atoms with E-state index in [4.69, 9.17) is 10.2 Å². The van der Waals surface area contributed by atoms with Crippen LogP contribution in [0.1, 0.15) is 25.7 Å². The zero-order chi connectivity index (χ0) is 25.0. The molecule has 0 amide bonds. The maximum absolute atomic E-state index is 13.3. The summed E-state index contributed by atoms with van der Waals surface area (Å²) in [5.74, 6) is -27.2. The van der Waals surface area contributed by atoms with Gasteiger partial charge in [-0.25, -0.2) is 0 Å². The molecule has 2 N–H and O–H groups in total. The fraction of sp³-hybridized carbons (Fsp3) is 0.714. The summed E-state index contributed by atoms with van der Waals surface area (Å²) < 4.78 is 131. The van der Waals surface area contributed by atoms with Gasteiger partial charge in [0.25, 0.3) is 0 Å². The molecule has 2 atom stereocenters. The zero-order valence-corrected chi connectivity index (χ0v) is 14.7. The number of esters is 2. The summed E-state index contributed by atoms with van der Waals surface area (Å²) in [5, 5.41) is 16.8. The second-order valence-electron chi connectivity index (χ2n) is 6.09. The Labute approximate surface area is 164 Å². The number of rotatable bonds is 10.